The molecule has 0 spiro atoms. The summed E-state index contributed by atoms with van der Waals surface area (Å²) in [5.41, 5.74) is 2.38. The molecule has 1 heterocycles. The van der Waals surface area contributed by atoms with E-state index in [1.54, 1.807) is 0 Å². The molecule has 0 bridgehead atoms. The van der Waals surface area contributed by atoms with Crippen molar-refractivity contribution in [2.24, 2.45) is 0 Å². The van der Waals surface area contributed by atoms with Crippen LogP contribution in [0.4, 0.5) is 5.69 Å². The van der Waals surface area contributed by atoms with Crippen molar-refractivity contribution in [1.82, 2.24) is 10.2 Å². The van der Waals surface area contributed by atoms with Gasteiger partial charge in [0.2, 0.25) is 5.91 Å². The van der Waals surface area contributed by atoms with Gasteiger partial charge in [-0.25, -0.2) is 0 Å². The number of para-hydroxylation sites is 1. The van der Waals surface area contributed by atoms with E-state index in [0.717, 1.165) is 0 Å². The zero-order valence-corrected chi connectivity index (χ0v) is 13.1. The lowest BCUT2D eigenvalue weighted by molar-refractivity contribution is -0.134. The fourth-order valence-corrected chi connectivity index (χ4v) is 2.54. The van der Waals surface area contributed by atoms with Gasteiger partial charge in [0, 0.05) is 38.9 Å². The molecule has 1 unspecified atom stereocenters. The van der Waals surface area contributed by atoms with Crippen LogP contribution in [0.3, 0.4) is 0 Å². The Hall–Kier alpha value is -1.59. The SMILES string of the molecule is CC(NCC(=O)N1CCOCC1)c1ccccc1N(C)C. The lowest BCUT2D eigenvalue weighted by Crippen LogP contribution is -2.45. The van der Waals surface area contributed by atoms with Gasteiger partial charge in [-0.15, -0.1) is 0 Å². The molecular weight excluding hydrogens is 266 g/mol. The molecule has 1 atom stereocenters. The molecule has 0 saturated carbocycles. The number of nitrogens with one attached hydrogen (secondary N) is 1. The van der Waals surface area contributed by atoms with Crippen molar-refractivity contribution in [3.63, 3.8) is 0 Å². The standard InChI is InChI=1S/C16H25N3O2/c1-13(14-6-4-5-7-15(14)18(2)3)17-12-16(20)19-8-10-21-11-9-19/h4-7,13,17H,8-12H2,1-3H3. The maximum Gasteiger partial charge on any atom is 0.236 e. The summed E-state index contributed by atoms with van der Waals surface area (Å²) in [5.74, 6) is 0.146. The number of benzene rings is 1. The van der Waals surface area contributed by atoms with Crippen molar-refractivity contribution in [1.29, 1.82) is 0 Å². The lowest BCUT2D eigenvalue weighted by Gasteiger charge is -2.28. The molecule has 1 fully saturated rings. The Labute approximate surface area is 126 Å². The second-order valence-electron chi connectivity index (χ2n) is 5.55. The number of carbonyl (C=O) groups is 1. The van der Waals surface area contributed by atoms with Gasteiger partial charge in [-0.1, -0.05) is 18.2 Å². The molecular formula is C16H25N3O2. The third-order valence-corrected chi connectivity index (χ3v) is 3.81. The molecule has 1 amide bonds. The number of morpholine rings is 1. The second-order valence-corrected chi connectivity index (χ2v) is 5.55. The van der Waals surface area contributed by atoms with Crippen LogP contribution in [0.25, 0.3) is 0 Å². The summed E-state index contributed by atoms with van der Waals surface area (Å²) in [4.78, 5) is 16.1. The lowest BCUT2D eigenvalue weighted by atomic mass is 10.1. The Morgan fingerprint density at radius 2 is 2.00 bits per heavy atom. The average molecular weight is 291 g/mol. The molecule has 1 saturated heterocycles. The van der Waals surface area contributed by atoms with E-state index in [9.17, 15) is 4.79 Å². The normalized spacial score (nSPS) is 16.6. The Morgan fingerprint density at radius 1 is 1.33 bits per heavy atom. The van der Waals surface area contributed by atoms with E-state index in [1.165, 1.54) is 11.3 Å². The number of nitrogens with zero attached hydrogens (tertiary/aromatic N) is 2. The van der Waals surface area contributed by atoms with Gasteiger partial charge in [-0.3, -0.25) is 4.79 Å². The van der Waals surface area contributed by atoms with Crippen LogP contribution >= 0.6 is 0 Å². The minimum atomic E-state index is 0.133. The van der Waals surface area contributed by atoms with Gasteiger partial charge in [0.15, 0.2) is 0 Å². The monoisotopic (exact) mass is 291 g/mol. The zero-order chi connectivity index (χ0) is 15.2. The summed E-state index contributed by atoms with van der Waals surface area (Å²) in [7, 11) is 4.06. The second kappa shape index (κ2) is 7.43. The Morgan fingerprint density at radius 3 is 2.67 bits per heavy atom. The van der Waals surface area contributed by atoms with Gasteiger partial charge in [0.1, 0.15) is 0 Å². The Bertz CT molecular complexity index is 470. The molecule has 21 heavy (non-hydrogen) atoms. The van der Waals surface area contributed by atoms with Gasteiger partial charge >= 0.3 is 0 Å². The van der Waals surface area contributed by atoms with Crippen molar-refractivity contribution in [3.05, 3.63) is 29.8 Å². The maximum atomic E-state index is 12.2. The highest BCUT2D eigenvalue weighted by Gasteiger charge is 2.18. The van der Waals surface area contributed by atoms with Crippen LogP contribution in [-0.2, 0) is 9.53 Å². The largest absolute Gasteiger partial charge is 0.378 e. The fraction of sp³-hybridized carbons (Fsp3) is 0.562. The summed E-state index contributed by atoms with van der Waals surface area (Å²) < 4.78 is 5.27. The first-order valence-electron chi connectivity index (χ1n) is 7.44. The van der Waals surface area contributed by atoms with Gasteiger partial charge < -0.3 is 19.9 Å². The highest BCUT2D eigenvalue weighted by Crippen LogP contribution is 2.24. The average Bonchev–Trinajstić information content (AvgIpc) is 2.53. The third-order valence-electron chi connectivity index (χ3n) is 3.81. The van der Waals surface area contributed by atoms with Crippen LogP contribution < -0.4 is 10.2 Å². The van der Waals surface area contributed by atoms with Crippen LogP contribution in [0.2, 0.25) is 0 Å². The molecule has 2 rings (SSSR count). The first kappa shape index (κ1) is 15.8. The molecule has 0 aromatic heterocycles. The number of hydrogen-bond donors (Lipinski definition) is 1. The van der Waals surface area contributed by atoms with E-state index >= 15 is 0 Å². The minimum absolute atomic E-state index is 0.133. The van der Waals surface area contributed by atoms with E-state index in [-0.39, 0.29) is 11.9 Å². The molecule has 116 valence electrons. The summed E-state index contributed by atoms with van der Waals surface area (Å²) in [6, 6.07) is 8.40. The molecule has 0 radical (unpaired) electrons. The topological polar surface area (TPSA) is 44.8 Å². The Kier molecular flexibility index (Phi) is 5.59. The van der Waals surface area contributed by atoms with Gasteiger partial charge in [-0.05, 0) is 18.6 Å². The Balaban J connectivity index is 1.92. The third kappa shape index (κ3) is 4.19. The number of anilines is 1. The summed E-state index contributed by atoms with van der Waals surface area (Å²) in [6.45, 7) is 5.14. The van der Waals surface area contributed by atoms with E-state index in [1.807, 2.05) is 31.1 Å². The first-order chi connectivity index (χ1) is 10.1. The van der Waals surface area contributed by atoms with Crippen LogP contribution in [0.15, 0.2) is 24.3 Å². The van der Waals surface area contributed by atoms with Gasteiger partial charge in [-0.2, -0.15) is 0 Å². The first-order valence-corrected chi connectivity index (χ1v) is 7.44. The van der Waals surface area contributed by atoms with E-state index in [4.69, 9.17) is 4.74 Å². The summed E-state index contributed by atoms with van der Waals surface area (Å²) in [5, 5.41) is 3.33. The highest BCUT2D eigenvalue weighted by atomic mass is 16.5. The van der Waals surface area contributed by atoms with Crippen molar-refractivity contribution >= 4 is 11.6 Å². The van der Waals surface area contributed by atoms with Crippen molar-refractivity contribution in [2.45, 2.75) is 13.0 Å². The molecule has 1 aliphatic heterocycles. The maximum absolute atomic E-state index is 12.2. The summed E-state index contributed by atoms with van der Waals surface area (Å²) >= 11 is 0. The predicted molar refractivity (Wildman–Crippen MR) is 84.6 cm³/mol. The van der Waals surface area contributed by atoms with Crippen LogP contribution in [-0.4, -0.2) is 57.8 Å². The van der Waals surface area contributed by atoms with Crippen LogP contribution in [0.1, 0.15) is 18.5 Å². The van der Waals surface area contributed by atoms with Gasteiger partial charge in [0.25, 0.3) is 0 Å². The fourth-order valence-electron chi connectivity index (χ4n) is 2.54. The van der Waals surface area contributed by atoms with Crippen molar-refractivity contribution in [2.75, 3.05) is 51.8 Å². The molecule has 1 aliphatic rings. The quantitative estimate of drug-likeness (QED) is 0.887. The number of rotatable bonds is 5. The molecule has 0 aliphatic carbocycles. The van der Waals surface area contributed by atoms with Crippen LogP contribution in [0.5, 0.6) is 0 Å². The van der Waals surface area contributed by atoms with Gasteiger partial charge in [0.05, 0.1) is 19.8 Å². The number of hydrogen-bond acceptors (Lipinski definition) is 4. The minimum Gasteiger partial charge on any atom is -0.378 e. The predicted octanol–water partition coefficient (Wildman–Crippen LogP) is 1.26. The zero-order valence-electron chi connectivity index (χ0n) is 13.1. The van der Waals surface area contributed by atoms with Crippen LogP contribution in [0, 0.1) is 0 Å². The number of ether oxygens (including phenoxy) is 1. The smallest absolute Gasteiger partial charge is 0.236 e. The molecule has 1 aromatic rings. The number of amides is 1. The highest BCUT2D eigenvalue weighted by molar-refractivity contribution is 5.78. The van der Waals surface area contributed by atoms with Crippen molar-refractivity contribution in [3.8, 4) is 0 Å². The van der Waals surface area contributed by atoms with E-state index in [0.29, 0.717) is 32.8 Å². The van der Waals surface area contributed by atoms with Crippen molar-refractivity contribution < 1.29 is 9.53 Å². The molecule has 5 nitrogen and oxygen atoms in total. The molecule has 1 aromatic carbocycles. The van der Waals surface area contributed by atoms with E-state index < -0.39 is 0 Å². The molecule has 5 heteroatoms. The molecule has 1 N–H and O–H groups in total. The number of carbonyl (C=O) groups excluding carboxylic acids is 1. The van der Waals surface area contributed by atoms with E-state index in [2.05, 4.69) is 29.3 Å². The summed E-state index contributed by atoms with van der Waals surface area (Å²) in [6.07, 6.45) is 0.